The highest BCUT2D eigenvalue weighted by Gasteiger charge is 2.39. The predicted molar refractivity (Wildman–Crippen MR) is 130 cm³/mol. The summed E-state index contributed by atoms with van der Waals surface area (Å²) in [6, 6.07) is 19.2. The van der Waals surface area contributed by atoms with Gasteiger partial charge in [-0.25, -0.2) is 4.39 Å². The van der Waals surface area contributed by atoms with Crippen molar-refractivity contribution in [2.75, 3.05) is 10.7 Å². The van der Waals surface area contributed by atoms with Gasteiger partial charge in [0.05, 0.1) is 10.8 Å². The first-order valence-corrected chi connectivity index (χ1v) is 11.8. The van der Waals surface area contributed by atoms with Crippen LogP contribution >= 0.6 is 11.8 Å². The van der Waals surface area contributed by atoms with Gasteiger partial charge in [-0.15, -0.1) is 0 Å². The number of benzene rings is 3. The van der Waals surface area contributed by atoms with Gasteiger partial charge in [-0.2, -0.15) is 0 Å². The molecule has 2 N–H and O–H groups in total. The fraction of sp³-hybridized carbons (Fsp3) is 0.154. The molecule has 0 aliphatic carbocycles. The predicted octanol–water partition coefficient (Wildman–Crippen LogP) is 4.52. The SMILES string of the molecule is Cn1c2c(c3ccccc31)C(C(=O)NCc1ccccc1O)N(c1cccc(F)c1)C(=O)CS2. The number of aromatic hydroxyl groups is 1. The number of phenols is 1. The van der Waals surface area contributed by atoms with Crippen LogP contribution in [0.3, 0.4) is 0 Å². The summed E-state index contributed by atoms with van der Waals surface area (Å²) in [4.78, 5) is 28.5. The third-order valence-corrected chi connectivity index (χ3v) is 7.16. The van der Waals surface area contributed by atoms with Crippen molar-refractivity contribution in [2.45, 2.75) is 17.6 Å². The molecule has 1 aromatic heterocycles. The lowest BCUT2D eigenvalue weighted by Gasteiger charge is -2.30. The number of rotatable bonds is 4. The number of hydrogen-bond acceptors (Lipinski definition) is 4. The zero-order valence-electron chi connectivity index (χ0n) is 18.4. The van der Waals surface area contributed by atoms with Gasteiger partial charge in [0.2, 0.25) is 11.8 Å². The van der Waals surface area contributed by atoms with Crippen molar-refractivity contribution >= 4 is 40.2 Å². The highest BCUT2D eigenvalue weighted by molar-refractivity contribution is 8.00. The van der Waals surface area contributed by atoms with Gasteiger partial charge in [0.1, 0.15) is 17.6 Å². The second-order valence-corrected chi connectivity index (χ2v) is 9.04. The Bertz CT molecular complexity index is 1420. The monoisotopic (exact) mass is 475 g/mol. The van der Waals surface area contributed by atoms with Crippen LogP contribution in [0.2, 0.25) is 0 Å². The number of fused-ring (bicyclic) bond motifs is 3. The first-order chi connectivity index (χ1) is 16.5. The maximum absolute atomic E-state index is 14.2. The molecule has 0 spiro atoms. The van der Waals surface area contributed by atoms with Crippen molar-refractivity contribution in [3.8, 4) is 5.75 Å². The highest BCUT2D eigenvalue weighted by atomic mass is 32.2. The van der Waals surface area contributed by atoms with E-state index >= 15 is 0 Å². The Kier molecular flexibility index (Phi) is 5.75. The van der Waals surface area contributed by atoms with Crippen molar-refractivity contribution in [3.05, 3.63) is 89.7 Å². The van der Waals surface area contributed by atoms with Crippen LogP contribution in [-0.4, -0.2) is 27.2 Å². The van der Waals surface area contributed by atoms with Gasteiger partial charge >= 0.3 is 0 Å². The Labute approximate surface area is 200 Å². The molecule has 1 atom stereocenters. The number of phenolic OH excluding ortho intramolecular Hbond substituents is 1. The molecule has 5 rings (SSSR count). The molecule has 0 radical (unpaired) electrons. The molecule has 1 unspecified atom stereocenters. The second-order valence-electron chi connectivity index (χ2n) is 8.08. The number of carbonyl (C=O) groups is 2. The molecule has 4 aromatic rings. The van der Waals surface area contributed by atoms with Crippen molar-refractivity contribution < 1.29 is 19.1 Å². The van der Waals surface area contributed by atoms with E-state index in [1.807, 2.05) is 35.9 Å². The average Bonchev–Trinajstić information content (AvgIpc) is 3.01. The summed E-state index contributed by atoms with van der Waals surface area (Å²) < 4.78 is 16.2. The summed E-state index contributed by atoms with van der Waals surface area (Å²) in [5.74, 6) is -1.02. The van der Waals surface area contributed by atoms with E-state index in [2.05, 4.69) is 5.32 Å². The standard InChI is InChI=1S/C26H22FN3O3S/c1-29-20-11-4-3-10-19(20)23-24(25(33)28-14-16-7-2-5-12-21(16)31)30(22(32)15-34-26(23)29)18-9-6-8-17(27)13-18/h2-13,24,31H,14-15H2,1H3,(H,28,33). The summed E-state index contributed by atoms with van der Waals surface area (Å²) in [6.07, 6.45) is 0. The maximum Gasteiger partial charge on any atom is 0.248 e. The fourth-order valence-electron chi connectivity index (χ4n) is 4.42. The first-order valence-electron chi connectivity index (χ1n) is 10.8. The van der Waals surface area contributed by atoms with E-state index in [0.717, 1.165) is 15.9 Å². The number of para-hydroxylation sites is 2. The third-order valence-electron chi connectivity index (χ3n) is 6.00. The number of carbonyl (C=O) groups excluding carboxylic acids is 2. The van der Waals surface area contributed by atoms with Gasteiger partial charge in [-0.3, -0.25) is 14.5 Å². The average molecular weight is 476 g/mol. The molecule has 1 aliphatic heterocycles. The van der Waals surface area contributed by atoms with Crippen molar-refractivity contribution in [2.24, 2.45) is 7.05 Å². The van der Waals surface area contributed by atoms with Gasteiger partial charge < -0.3 is 15.0 Å². The van der Waals surface area contributed by atoms with Gasteiger partial charge in [-0.1, -0.05) is 54.2 Å². The lowest BCUT2D eigenvalue weighted by atomic mass is 10.0. The Morgan fingerprint density at radius 3 is 2.68 bits per heavy atom. The van der Waals surface area contributed by atoms with E-state index in [1.54, 1.807) is 30.3 Å². The molecular weight excluding hydrogens is 453 g/mol. The van der Waals surface area contributed by atoms with Crippen LogP contribution < -0.4 is 10.2 Å². The minimum Gasteiger partial charge on any atom is -0.508 e. The summed E-state index contributed by atoms with van der Waals surface area (Å²) in [5.41, 5.74) is 2.51. The zero-order valence-corrected chi connectivity index (χ0v) is 19.2. The number of halogens is 1. The number of anilines is 1. The molecule has 0 bridgehead atoms. The van der Waals surface area contributed by atoms with Crippen LogP contribution in [0.5, 0.6) is 5.75 Å². The van der Waals surface area contributed by atoms with Crippen LogP contribution in [0.25, 0.3) is 10.9 Å². The zero-order chi connectivity index (χ0) is 23.8. The maximum atomic E-state index is 14.2. The van der Waals surface area contributed by atoms with E-state index in [9.17, 15) is 19.1 Å². The number of hydrogen-bond donors (Lipinski definition) is 2. The number of nitrogens with one attached hydrogen (secondary N) is 1. The molecule has 0 fully saturated rings. The van der Waals surface area contributed by atoms with Gasteiger partial charge in [0.25, 0.3) is 0 Å². The molecule has 0 saturated heterocycles. The van der Waals surface area contributed by atoms with Crippen LogP contribution in [-0.2, 0) is 23.2 Å². The summed E-state index contributed by atoms with van der Waals surface area (Å²) in [7, 11) is 1.91. The van der Waals surface area contributed by atoms with Crippen molar-refractivity contribution in [1.82, 2.24) is 9.88 Å². The first kappa shape index (κ1) is 22.0. The van der Waals surface area contributed by atoms with Gasteiger partial charge in [0, 0.05) is 41.3 Å². The van der Waals surface area contributed by atoms with E-state index in [0.29, 0.717) is 16.8 Å². The molecule has 2 heterocycles. The van der Waals surface area contributed by atoms with Crippen molar-refractivity contribution in [1.29, 1.82) is 0 Å². The molecule has 34 heavy (non-hydrogen) atoms. The molecule has 172 valence electrons. The molecule has 2 amide bonds. The van der Waals surface area contributed by atoms with Crippen LogP contribution in [0.4, 0.5) is 10.1 Å². The van der Waals surface area contributed by atoms with Crippen LogP contribution in [0, 0.1) is 5.82 Å². The smallest absolute Gasteiger partial charge is 0.248 e. The lowest BCUT2D eigenvalue weighted by Crippen LogP contribution is -2.43. The Balaban J connectivity index is 1.65. The minimum atomic E-state index is -1.02. The number of thioether (sulfide) groups is 1. The van der Waals surface area contributed by atoms with E-state index in [4.69, 9.17) is 0 Å². The fourth-order valence-corrected chi connectivity index (χ4v) is 5.49. The molecule has 1 aliphatic rings. The van der Waals surface area contributed by atoms with Crippen LogP contribution in [0.1, 0.15) is 17.2 Å². The largest absolute Gasteiger partial charge is 0.508 e. The molecule has 0 saturated carbocycles. The quantitative estimate of drug-likeness (QED) is 0.455. The van der Waals surface area contributed by atoms with Crippen molar-refractivity contribution in [3.63, 3.8) is 0 Å². The second kappa shape index (κ2) is 8.87. The van der Waals surface area contributed by atoms with E-state index in [-0.39, 0.29) is 24.0 Å². The molecular formula is C26H22FN3O3S. The van der Waals surface area contributed by atoms with E-state index in [1.165, 1.54) is 34.9 Å². The normalized spacial score (nSPS) is 15.8. The Morgan fingerprint density at radius 2 is 1.88 bits per heavy atom. The third kappa shape index (κ3) is 3.80. The number of aryl methyl sites for hydroxylation is 1. The topological polar surface area (TPSA) is 74.6 Å². The summed E-state index contributed by atoms with van der Waals surface area (Å²) in [5, 5.41) is 14.7. The number of amides is 2. The molecule has 8 heteroatoms. The number of nitrogens with zero attached hydrogens (tertiary/aromatic N) is 2. The minimum absolute atomic E-state index is 0.0723. The molecule has 3 aromatic carbocycles. The van der Waals surface area contributed by atoms with E-state index < -0.39 is 17.8 Å². The summed E-state index contributed by atoms with van der Waals surface area (Å²) in [6.45, 7) is 0.0838. The number of aromatic nitrogens is 1. The molecule has 6 nitrogen and oxygen atoms in total. The highest BCUT2D eigenvalue weighted by Crippen LogP contribution is 2.43. The van der Waals surface area contributed by atoms with Gasteiger partial charge in [-0.05, 0) is 30.3 Å². The van der Waals surface area contributed by atoms with Gasteiger partial charge in [0.15, 0.2) is 0 Å². The van der Waals surface area contributed by atoms with Crippen LogP contribution in [0.15, 0.2) is 77.8 Å². The Morgan fingerprint density at radius 1 is 1.12 bits per heavy atom. The lowest BCUT2D eigenvalue weighted by molar-refractivity contribution is -0.125. The Hall–Kier alpha value is -3.78. The summed E-state index contributed by atoms with van der Waals surface area (Å²) >= 11 is 1.37.